The average molecular weight is 283 g/mol. The van der Waals surface area contributed by atoms with E-state index in [1.165, 1.54) is 11.8 Å². The molecule has 17 heavy (non-hydrogen) atoms. The highest BCUT2D eigenvalue weighted by Crippen LogP contribution is 2.08. The Kier molecular flexibility index (Phi) is 8.02. The minimum atomic E-state index is -1.06. The number of hydrogen-bond donors (Lipinski definition) is 2. The van der Waals surface area contributed by atoms with Gasteiger partial charge in [-0.2, -0.15) is 0 Å². The summed E-state index contributed by atoms with van der Waals surface area (Å²) in [5.74, 6) is 0.233. The van der Waals surface area contributed by atoms with Crippen LogP contribution in [0.15, 0.2) is 0 Å². The number of carbonyl (C=O) groups excluding carboxylic acids is 1. The fourth-order valence-corrected chi connectivity index (χ4v) is 3.09. The molecule has 5 nitrogen and oxygen atoms in total. The molecule has 0 bridgehead atoms. The molecule has 0 heterocycles. The zero-order chi connectivity index (χ0) is 13.5. The van der Waals surface area contributed by atoms with Crippen LogP contribution in [0.1, 0.15) is 20.8 Å². The van der Waals surface area contributed by atoms with Gasteiger partial charge in [-0.25, -0.2) is 4.79 Å². The van der Waals surface area contributed by atoms with Gasteiger partial charge in [0.25, 0.3) is 0 Å². The van der Waals surface area contributed by atoms with Gasteiger partial charge in [-0.15, -0.1) is 11.8 Å². The van der Waals surface area contributed by atoms with E-state index in [1.54, 1.807) is 20.8 Å². The molecule has 1 unspecified atom stereocenters. The Bertz CT molecular complexity index is 233. The highest BCUT2D eigenvalue weighted by atomic mass is 32.3. The first-order valence-electron chi connectivity index (χ1n) is 5.22. The molecule has 0 aliphatic heterocycles. The van der Waals surface area contributed by atoms with E-state index in [1.807, 2.05) is 6.26 Å². The highest BCUT2D eigenvalue weighted by molar-refractivity contribution is 8.12. The number of hydrogen-bond acceptors (Lipinski definition) is 5. The summed E-state index contributed by atoms with van der Waals surface area (Å²) in [4.78, 5) is 11.4. The van der Waals surface area contributed by atoms with E-state index in [0.29, 0.717) is 5.08 Å². The number of nitrogens with one attached hydrogen (secondary N) is 1. The van der Waals surface area contributed by atoms with Crippen molar-refractivity contribution in [1.82, 2.24) is 5.32 Å². The lowest BCUT2D eigenvalue weighted by Gasteiger charge is -2.23. The average Bonchev–Trinajstić information content (AvgIpc) is 2.13. The van der Waals surface area contributed by atoms with Gasteiger partial charge in [0.05, 0.1) is 12.6 Å². The number of thioether (sulfide) groups is 1. The third kappa shape index (κ3) is 9.58. The van der Waals surface area contributed by atoms with Gasteiger partial charge in [0.15, 0.2) is 5.08 Å². The van der Waals surface area contributed by atoms with Gasteiger partial charge in [0.2, 0.25) is 0 Å². The van der Waals surface area contributed by atoms with Gasteiger partial charge in [-0.05, 0) is 38.2 Å². The van der Waals surface area contributed by atoms with Crippen LogP contribution in [0.5, 0.6) is 0 Å². The second-order valence-electron chi connectivity index (χ2n) is 4.54. The van der Waals surface area contributed by atoms with Crippen molar-refractivity contribution in [2.45, 2.75) is 32.4 Å². The second kappa shape index (κ2) is 8.07. The van der Waals surface area contributed by atoms with Crippen molar-refractivity contribution in [2.75, 3.05) is 23.7 Å². The van der Waals surface area contributed by atoms with Crippen LogP contribution in [0.4, 0.5) is 4.79 Å². The maximum Gasteiger partial charge on any atom is 0.408 e. The molecule has 0 saturated carbocycles. The van der Waals surface area contributed by atoms with E-state index in [9.17, 15) is 9.35 Å². The maximum absolute atomic E-state index is 11.5. The molecule has 0 fully saturated rings. The molecule has 2 atom stereocenters. The Morgan fingerprint density at radius 3 is 2.59 bits per heavy atom. The first kappa shape index (κ1) is 16.9. The number of amides is 1. The van der Waals surface area contributed by atoms with Gasteiger partial charge in [0, 0.05) is 0 Å². The van der Waals surface area contributed by atoms with Crippen LogP contribution in [0.2, 0.25) is 0 Å². The fraction of sp³-hybridized carbons (Fsp3) is 0.900. The predicted molar refractivity (Wildman–Crippen MR) is 71.6 cm³/mol. The second-order valence-corrected chi connectivity index (χ2v) is 7.27. The Balaban J connectivity index is 4.08. The Hall–Kier alpha value is -0.110. The van der Waals surface area contributed by atoms with Crippen molar-refractivity contribution in [3.63, 3.8) is 0 Å². The van der Waals surface area contributed by atoms with Crippen molar-refractivity contribution in [3.8, 4) is 0 Å². The zero-order valence-electron chi connectivity index (χ0n) is 10.7. The maximum atomic E-state index is 11.5. The number of ether oxygens (including phenoxy) is 1. The van der Waals surface area contributed by atoms with E-state index >= 15 is 0 Å². The van der Waals surface area contributed by atoms with Gasteiger partial charge >= 0.3 is 6.09 Å². The molecule has 0 saturated heterocycles. The summed E-state index contributed by atoms with van der Waals surface area (Å²) in [6.07, 6.45) is 1.25. The standard InChI is InChI=1S/C10H21NO4S2/c1-10(2,3)15-9(13)11-8(5-12)6-17(14)7-16-4/h8,12H,5-7H2,1-4H3,(H,11,13)/t8-,17?/m0/s1. The molecule has 2 N–H and O–H groups in total. The number of rotatable bonds is 6. The van der Waals surface area contributed by atoms with Crippen molar-refractivity contribution in [3.05, 3.63) is 0 Å². The first-order chi connectivity index (χ1) is 7.78. The SMILES string of the molecule is CSC[S+]([O-])C[C@H](CO)NC(=O)OC(C)(C)C. The van der Waals surface area contributed by atoms with E-state index in [0.717, 1.165) is 0 Å². The summed E-state index contributed by atoms with van der Waals surface area (Å²) >= 11 is 0.408. The lowest BCUT2D eigenvalue weighted by atomic mass is 10.2. The summed E-state index contributed by atoms with van der Waals surface area (Å²) in [6, 6.07) is -0.530. The Morgan fingerprint density at radius 2 is 2.18 bits per heavy atom. The normalized spacial score (nSPS) is 15.2. The van der Waals surface area contributed by atoms with Gasteiger partial charge < -0.3 is 19.7 Å². The smallest absolute Gasteiger partial charge is 0.408 e. The van der Waals surface area contributed by atoms with Crippen LogP contribution in [0, 0.1) is 0 Å². The number of alkyl carbamates (subject to hydrolysis) is 1. The molecular weight excluding hydrogens is 262 g/mol. The topological polar surface area (TPSA) is 81.6 Å². The lowest BCUT2D eigenvalue weighted by Crippen LogP contribution is -2.44. The molecule has 0 aromatic carbocycles. The summed E-state index contributed by atoms with van der Waals surface area (Å²) in [7, 11) is 0. The molecule has 7 heteroatoms. The van der Waals surface area contributed by atoms with E-state index in [2.05, 4.69) is 5.32 Å². The lowest BCUT2D eigenvalue weighted by molar-refractivity contribution is 0.0490. The first-order valence-corrected chi connectivity index (χ1v) is 8.11. The van der Waals surface area contributed by atoms with Crippen molar-refractivity contribution in [1.29, 1.82) is 0 Å². The Morgan fingerprint density at radius 1 is 1.59 bits per heavy atom. The fourth-order valence-electron chi connectivity index (χ4n) is 1.02. The van der Waals surface area contributed by atoms with Crippen molar-refractivity contribution in [2.24, 2.45) is 0 Å². The van der Waals surface area contributed by atoms with Crippen LogP contribution >= 0.6 is 11.8 Å². The quantitative estimate of drug-likeness (QED) is 0.709. The minimum absolute atomic E-state index is 0.233. The molecule has 0 rings (SSSR count). The molecule has 0 aliphatic rings. The molecule has 0 aromatic rings. The van der Waals surface area contributed by atoms with Gasteiger partial charge in [0.1, 0.15) is 11.4 Å². The van der Waals surface area contributed by atoms with Gasteiger partial charge in [-0.1, -0.05) is 0 Å². The molecule has 1 amide bonds. The van der Waals surface area contributed by atoms with Crippen LogP contribution in [0.25, 0.3) is 0 Å². The van der Waals surface area contributed by atoms with Crippen molar-refractivity contribution < 1.29 is 19.2 Å². The zero-order valence-corrected chi connectivity index (χ0v) is 12.3. The Labute approximate surface area is 110 Å². The third-order valence-electron chi connectivity index (χ3n) is 1.58. The van der Waals surface area contributed by atoms with Crippen LogP contribution in [-0.4, -0.2) is 51.1 Å². The van der Waals surface area contributed by atoms with E-state index in [-0.39, 0.29) is 12.4 Å². The minimum Gasteiger partial charge on any atom is -0.616 e. The molecule has 0 radical (unpaired) electrons. The van der Waals surface area contributed by atoms with Crippen molar-refractivity contribution >= 4 is 29.0 Å². The molecular formula is C10H21NO4S2. The largest absolute Gasteiger partial charge is 0.616 e. The van der Waals surface area contributed by atoms with Crippen LogP contribution in [-0.2, 0) is 15.9 Å². The van der Waals surface area contributed by atoms with Crippen LogP contribution in [0.3, 0.4) is 0 Å². The van der Waals surface area contributed by atoms with Crippen LogP contribution < -0.4 is 5.32 Å². The number of aliphatic hydroxyl groups is 1. The monoisotopic (exact) mass is 283 g/mol. The molecule has 0 aliphatic carbocycles. The highest BCUT2D eigenvalue weighted by Gasteiger charge is 2.22. The summed E-state index contributed by atoms with van der Waals surface area (Å²) < 4.78 is 16.5. The predicted octanol–water partition coefficient (Wildman–Crippen LogP) is 0.941. The van der Waals surface area contributed by atoms with E-state index < -0.39 is 28.9 Å². The molecule has 102 valence electrons. The third-order valence-corrected chi connectivity index (χ3v) is 4.35. The number of aliphatic hydroxyl groups excluding tert-OH is 1. The van der Waals surface area contributed by atoms with Gasteiger partial charge in [-0.3, -0.25) is 0 Å². The molecule has 0 spiro atoms. The molecule has 0 aromatic heterocycles. The summed E-state index contributed by atoms with van der Waals surface area (Å²) in [5, 5.41) is 12.1. The number of carbonyl (C=O) groups is 1. The summed E-state index contributed by atoms with van der Waals surface area (Å²) in [6.45, 7) is 5.02. The van der Waals surface area contributed by atoms with E-state index in [4.69, 9.17) is 9.84 Å². The summed E-state index contributed by atoms with van der Waals surface area (Å²) in [5.41, 5.74) is -0.581.